The molecular formula is C30H46F3NO3. The quantitative estimate of drug-likeness (QED) is 0.249. The number of nitrogens with zero attached hydrogens (tertiary/aromatic N) is 1. The highest BCUT2D eigenvalue weighted by molar-refractivity contribution is 5.99. The third-order valence-corrected chi connectivity index (χ3v) is 10.8. The van der Waals surface area contributed by atoms with Crippen LogP contribution < -0.4 is 0 Å². The predicted molar refractivity (Wildman–Crippen MR) is 139 cm³/mol. The zero-order chi connectivity index (χ0) is 27.2. The van der Waals surface area contributed by atoms with Crippen LogP contribution in [0.2, 0.25) is 0 Å². The molecule has 8 atom stereocenters. The summed E-state index contributed by atoms with van der Waals surface area (Å²) in [5.41, 5.74) is 2.16. The van der Waals surface area contributed by atoms with Gasteiger partial charge in [-0.3, -0.25) is 0 Å². The van der Waals surface area contributed by atoms with Gasteiger partial charge in [0.2, 0.25) is 0 Å². The van der Waals surface area contributed by atoms with E-state index in [-0.39, 0.29) is 10.8 Å². The van der Waals surface area contributed by atoms with E-state index in [0.29, 0.717) is 42.4 Å². The molecule has 0 spiro atoms. The van der Waals surface area contributed by atoms with Gasteiger partial charge >= 0.3 is 12.1 Å². The lowest BCUT2D eigenvalue weighted by Gasteiger charge is -2.58. The third-order valence-electron chi connectivity index (χ3n) is 10.8. The Kier molecular flexibility index (Phi) is 8.13. The molecule has 0 amide bonds. The molecule has 3 saturated carbocycles. The first-order valence-corrected chi connectivity index (χ1v) is 14.4. The molecule has 0 aromatic rings. The van der Waals surface area contributed by atoms with Crippen molar-refractivity contribution in [3.63, 3.8) is 0 Å². The van der Waals surface area contributed by atoms with Gasteiger partial charge in [-0.1, -0.05) is 64.6 Å². The fourth-order valence-corrected chi connectivity index (χ4v) is 8.93. The molecule has 210 valence electrons. The van der Waals surface area contributed by atoms with Gasteiger partial charge in [0.1, 0.15) is 13.2 Å². The number of carbonyl (C=O) groups is 1. The Labute approximate surface area is 220 Å². The van der Waals surface area contributed by atoms with Crippen LogP contribution in [-0.4, -0.2) is 31.1 Å². The molecule has 0 heterocycles. The summed E-state index contributed by atoms with van der Waals surface area (Å²) < 4.78 is 43.4. The average Bonchev–Trinajstić information content (AvgIpc) is 3.16. The molecule has 4 nitrogen and oxygen atoms in total. The lowest BCUT2D eigenvalue weighted by molar-refractivity contribution is -0.206. The molecule has 0 aromatic carbocycles. The summed E-state index contributed by atoms with van der Waals surface area (Å²) in [6, 6.07) is 0. The summed E-state index contributed by atoms with van der Waals surface area (Å²) in [5.74, 6) is 1.30. The maximum Gasteiger partial charge on any atom is 0.490 e. The summed E-state index contributed by atoms with van der Waals surface area (Å²) in [6.07, 6.45) is 6.52. The minimum atomic E-state index is -4.96. The molecule has 0 N–H and O–H groups in total. The van der Waals surface area contributed by atoms with Crippen molar-refractivity contribution in [2.75, 3.05) is 7.11 Å². The summed E-state index contributed by atoms with van der Waals surface area (Å²) in [5, 5.41) is 4.50. The molecule has 0 saturated heterocycles. The topological polar surface area (TPSA) is 47.9 Å². The number of carbonyl (C=O) groups excluding carboxylic acids is 1. The second kappa shape index (κ2) is 10.6. The molecule has 4 rings (SSSR count). The van der Waals surface area contributed by atoms with Gasteiger partial charge in [-0.15, -0.1) is 0 Å². The molecular weight excluding hydrogens is 479 g/mol. The number of esters is 1. The number of halogens is 3. The highest BCUT2D eigenvalue weighted by Crippen LogP contribution is 2.67. The molecule has 0 radical (unpaired) electrons. The van der Waals surface area contributed by atoms with Gasteiger partial charge < -0.3 is 9.57 Å². The largest absolute Gasteiger partial charge is 0.490 e. The van der Waals surface area contributed by atoms with Crippen molar-refractivity contribution in [2.45, 2.75) is 111 Å². The van der Waals surface area contributed by atoms with Crippen LogP contribution in [0.25, 0.3) is 0 Å². The lowest BCUT2D eigenvalue weighted by Crippen LogP contribution is -2.54. The molecule has 0 bridgehead atoms. The lowest BCUT2D eigenvalue weighted by atomic mass is 9.46. The van der Waals surface area contributed by atoms with Crippen LogP contribution in [0.1, 0.15) is 98.8 Å². The van der Waals surface area contributed by atoms with Gasteiger partial charge in [-0.25, -0.2) is 4.79 Å². The van der Waals surface area contributed by atoms with E-state index >= 15 is 0 Å². The Hall–Kier alpha value is -1.53. The van der Waals surface area contributed by atoms with Crippen molar-refractivity contribution >= 4 is 11.7 Å². The van der Waals surface area contributed by atoms with E-state index in [4.69, 9.17) is 9.57 Å². The van der Waals surface area contributed by atoms with E-state index in [0.717, 1.165) is 30.0 Å². The first-order valence-electron chi connectivity index (χ1n) is 14.4. The maximum absolute atomic E-state index is 12.8. The smallest absolute Gasteiger partial charge is 0.455 e. The van der Waals surface area contributed by atoms with E-state index in [2.05, 4.69) is 45.9 Å². The normalized spacial score (nSPS) is 39.5. The average molecular weight is 526 g/mol. The summed E-state index contributed by atoms with van der Waals surface area (Å²) in [7, 11) is 1.57. The van der Waals surface area contributed by atoms with Crippen molar-refractivity contribution in [2.24, 2.45) is 51.5 Å². The maximum atomic E-state index is 12.8. The van der Waals surface area contributed by atoms with E-state index in [1.165, 1.54) is 38.5 Å². The van der Waals surface area contributed by atoms with E-state index < -0.39 is 18.2 Å². The van der Waals surface area contributed by atoms with Crippen LogP contribution in [0.3, 0.4) is 0 Å². The number of oxime groups is 1. The Morgan fingerprint density at radius 3 is 2.46 bits per heavy atom. The van der Waals surface area contributed by atoms with Crippen LogP contribution >= 0.6 is 0 Å². The van der Waals surface area contributed by atoms with Crippen LogP contribution in [0.5, 0.6) is 0 Å². The van der Waals surface area contributed by atoms with Crippen molar-refractivity contribution < 1.29 is 27.5 Å². The minimum absolute atomic E-state index is 0.110. The van der Waals surface area contributed by atoms with E-state index in [9.17, 15) is 18.0 Å². The first-order chi connectivity index (χ1) is 17.3. The highest BCUT2D eigenvalue weighted by atomic mass is 19.4. The summed E-state index contributed by atoms with van der Waals surface area (Å²) >= 11 is 0. The zero-order valence-electron chi connectivity index (χ0n) is 23.5. The van der Waals surface area contributed by atoms with Crippen molar-refractivity contribution in [1.29, 1.82) is 0 Å². The van der Waals surface area contributed by atoms with Gasteiger partial charge in [0.25, 0.3) is 0 Å². The second-order valence-corrected chi connectivity index (χ2v) is 13.3. The molecule has 37 heavy (non-hydrogen) atoms. The van der Waals surface area contributed by atoms with Gasteiger partial charge in [0, 0.05) is 12.3 Å². The number of alkyl halides is 3. The molecule has 4 aliphatic carbocycles. The fourth-order valence-electron chi connectivity index (χ4n) is 8.93. The minimum Gasteiger partial charge on any atom is -0.455 e. The number of rotatable bonds is 7. The van der Waals surface area contributed by atoms with Gasteiger partial charge in [-0.2, -0.15) is 13.2 Å². The van der Waals surface area contributed by atoms with E-state index in [1.54, 1.807) is 7.11 Å². The van der Waals surface area contributed by atoms with Crippen LogP contribution in [0, 0.1) is 46.3 Å². The van der Waals surface area contributed by atoms with Gasteiger partial charge in [0.05, 0.1) is 5.71 Å². The molecule has 0 aromatic heterocycles. The molecule has 7 heteroatoms. The number of fused-ring (bicyclic) bond motifs is 5. The summed E-state index contributed by atoms with van der Waals surface area (Å²) in [6.45, 7) is 11.9. The van der Waals surface area contributed by atoms with Crippen molar-refractivity contribution in [1.82, 2.24) is 0 Å². The number of hydrogen-bond acceptors (Lipinski definition) is 4. The van der Waals surface area contributed by atoms with Gasteiger partial charge in [-0.05, 0) is 85.0 Å². The third kappa shape index (κ3) is 5.34. The van der Waals surface area contributed by atoms with E-state index in [1.807, 2.05) is 0 Å². The Balaban J connectivity index is 1.57. The Morgan fingerprint density at radius 1 is 1.08 bits per heavy atom. The number of ether oxygens (including phenoxy) is 1. The fraction of sp³-hybridized carbons (Fsp3) is 0.867. The van der Waals surface area contributed by atoms with Crippen molar-refractivity contribution in [3.05, 3.63) is 11.6 Å². The van der Waals surface area contributed by atoms with Crippen LogP contribution in [-0.2, 0) is 14.4 Å². The standard InChI is InChI=1S/C30H46F3NO3/c1-18(2)8-7-9-19(3)22-10-11-23-26-24(13-15-29(22,23)5)28(4)14-12-21(37-27(35)30(31,32)33)16-20(28)17-25(26)34-36-6/h17-19,21-24,26H,7-16H2,1-6H3/b34-25+. The SMILES string of the molecule is CO/N=C1\C=C2CC(OC(=O)C(F)(F)F)CCC2(C)C2CCC3(C)C(C(C)CCCC(C)C)CCC3C12. The van der Waals surface area contributed by atoms with Gasteiger partial charge in [0.15, 0.2) is 0 Å². The molecule has 0 aliphatic heterocycles. The molecule has 8 unspecified atom stereocenters. The Bertz CT molecular complexity index is 912. The van der Waals surface area contributed by atoms with Crippen molar-refractivity contribution in [3.8, 4) is 0 Å². The first kappa shape index (κ1) is 28.5. The highest BCUT2D eigenvalue weighted by Gasteiger charge is 2.61. The van der Waals surface area contributed by atoms with Crippen LogP contribution in [0.15, 0.2) is 16.8 Å². The molecule has 4 aliphatic rings. The number of hydrogen-bond donors (Lipinski definition) is 0. The molecule has 3 fully saturated rings. The van der Waals surface area contributed by atoms with Crippen LogP contribution in [0.4, 0.5) is 13.2 Å². The summed E-state index contributed by atoms with van der Waals surface area (Å²) in [4.78, 5) is 16.8. The predicted octanol–water partition coefficient (Wildman–Crippen LogP) is 8.11. The zero-order valence-corrected chi connectivity index (χ0v) is 23.5. The number of allylic oxidation sites excluding steroid dienone is 1. The Morgan fingerprint density at radius 2 is 1.81 bits per heavy atom. The second-order valence-electron chi connectivity index (χ2n) is 13.3. The monoisotopic (exact) mass is 525 g/mol.